The number of rotatable bonds is 6. The molecule has 0 spiro atoms. The highest BCUT2D eigenvalue weighted by Crippen LogP contribution is 2.19. The molecule has 1 aliphatic heterocycles. The van der Waals surface area contributed by atoms with Crippen molar-refractivity contribution in [3.63, 3.8) is 0 Å². The first-order valence-corrected chi connectivity index (χ1v) is 8.62. The largest absolute Gasteiger partial charge is 0.481 e. The van der Waals surface area contributed by atoms with Crippen LogP contribution in [0.25, 0.3) is 11.4 Å². The highest BCUT2D eigenvalue weighted by Gasteiger charge is 2.26. The predicted octanol–water partition coefficient (Wildman–Crippen LogP) is 1.82. The van der Waals surface area contributed by atoms with E-state index < -0.39 is 12.1 Å². The third-order valence-electron chi connectivity index (χ3n) is 4.34. The number of carboxylic acid groups (broad SMARTS) is 1. The Morgan fingerprint density at radius 3 is 2.96 bits per heavy atom. The van der Waals surface area contributed by atoms with E-state index in [9.17, 15) is 14.0 Å². The number of ether oxygens (including phenoxy) is 1. The van der Waals surface area contributed by atoms with Crippen LogP contribution in [0.2, 0.25) is 0 Å². The van der Waals surface area contributed by atoms with Gasteiger partial charge < -0.3 is 19.3 Å². The molecule has 0 aliphatic carbocycles. The summed E-state index contributed by atoms with van der Waals surface area (Å²) in [7, 11) is 0. The van der Waals surface area contributed by atoms with Crippen LogP contribution in [0.3, 0.4) is 0 Å². The number of morpholine rings is 1. The van der Waals surface area contributed by atoms with E-state index in [1.54, 1.807) is 24.0 Å². The molecule has 0 radical (unpaired) electrons. The van der Waals surface area contributed by atoms with Gasteiger partial charge in [0.15, 0.2) is 0 Å². The Kier molecular flexibility index (Phi) is 5.80. The molecule has 2 aromatic rings. The number of halogens is 1. The third-order valence-corrected chi connectivity index (χ3v) is 4.34. The summed E-state index contributed by atoms with van der Waals surface area (Å²) in [5, 5.41) is 12.7. The Morgan fingerprint density at radius 2 is 2.22 bits per heavy atom. The summed E-state index contributed by atoms with van der Waals surface area (Å²) in [6.45, 7) is 2.65. The number of benzene rings is 1. The van der Waals surface area contributed by atoms with E-state index in [4.69, 9.17) is 14.4 Å². The maximum absolute atomic E-state index is 13.7. The summed E-state index contributed by atoms with van der Waals surface area (Å²) in [6, 6.07) is 4.68. The molecule has 1 amide bonds. The van der Waals surface area contributed by atoms with E-state index in [-0.39, 0.29) is 49.2 Å². The Labute approximate surface area is 154 Å². The first-order valence-electron chi connectivity index (χ1n) is 8.62. The average molecular weight is 377 g/mol. The highest BCUT2D eigenvalue weighted by molar-refractivity contribution is 5.76. The van der Waals surface area contributed by atoms with Crippen LogP contribution in [-0.4, -0.2) is 57.8 Å². The second-order valence-electron chi connectivity index (χ2n) is 6.41. The van der Waals surface area contributed by atoms with Crippen molar-refractivity contribution in [3.8, 4) is 11.4 Å². The third kappa shape index (κ3) is 4.88. The van der Waals surface area contributed by atoms with Crippen LogP contribution in [0.15, 0.2) is 22.7 Å². The summed E-state index contributed by atoms with van der Waals surface area (Å²) in [5.41, 5.74) is 1.03. The highest BCUT2D eigenvalue weighted by atomic mass is 19.1. The summed E-state index contributed by atoms with van der Waals surface area (Å²) >= 11 is 0. The predicted molar refractivity (Wildman–Crippen MR) is 91.3 cm³/mol. The SMILES string of the molecule is Cc1ccc(-c2noc(CCC(=O)N3CCOC(CC(=O)O)C3)n2)cc1F. The molecule has 1 aromatic heterocycles. The van der Waals surface area contributed by atoms with Crippen molar-refractivity contribution in [2.75, 3.05) is 19.7 Å². The van der Waals surface area contributed by atoms with Crippen molar-refractivity contribution < 1.29 is 28.3 Å². The van der Waals surface area contributed by atoms with Crippen LogP contribution in [-0.2, 0) is 20.7 Å². The van der Waals surface area contributed by atoms with Crippen LogP contribution in [0, 0.1) is 12.7 Å². The number of aliphatic carboxylic acids is 1. The molecular formula is C18H20FN3O5. The number of hydrogen-bond acceptors (Lipinski definition) is 6. The molecule has 1 aliphatic rings. The van der Waals surface area contributed by atoms with E-state index in [2.05, 4.69) is 10.1 Å². The van der Waals surface area contributed by atoms with Gasteiger partial charge in [0.25, 0.3) is 0 Å². The topological polar surface area (TPSA) is 106 Å². The van der Waals surface area contributed by atoms with Gasteiger partial charge in [-0.05, 0) is 18.6 Å². The molecule has 144 valence electrons. The lowest BCUT2D eigenvalue weighted by molar-refractivity contribution is -0.147. The van der Waals surface area contributed by atoms with Crippen molar-refractivity contribution >= 4 is 11.9 Å². The lowest BCUT2D eigenvalue weighted by Crippen LogP contribution is -2.46. The first-order chi connectivity index (χ1) is 12.9. The fraction of sp³-hybridized carbons (Fsp3) is 0.444. The van der Waals surface area contributed by atoms with E-state index in [0.29, 0.717) is 24.3 Å². The summed E-state index contributed by atoms with van der Waals surface area (Å²) in [4.78, 5) is 28.9. The minimum atomic E-state index is -0.958. The van der Waals surface area contributed by atoms with Crippen LogP contribution >= 0.6 is 0 Å². The van der Waals surface area contributed by atoms with E-state index in [1.807, 2.05) is 0 Å². The van der Waals surface area contributed by atoms with Gasteiger partial charge in [-0.25, -0.2) is 4.39 Å². The van der Waals surface area contributed by atoms with Gasteiger partial charge in [-0.15, -0.1) is 0 Å². The van der Waals surface area contributed by atoms with E-state index >= 15 is 0 Å². The molecule has 1 aromatic carbocycles. The molecule has 0 saturated carbocycles. The number of hydrogen-bond donors (Lipinski definition) is 1. The number of nitrogens with zero attached hydrogens (tertiary/aromatic N) is 3. The quantitative estimate of drug-likeness (QED) is 0.818. The lowest BCUT2D eigenvalue weighted by Gasteiger charge is -2.32. The summed E-state index contributed by atoms with van der Waals surface area (Å²) in [5.74, 6) is -0.883. The first kappa shape index (κ1) is 19.0. The normalized spacial score (nSPS) is 17.1. The van der Waals surface area contributed by atoms with Gasteiger partial charge in [0, 0.05) is 31.5 Å². The molecule has 1 saturated heterocycles. The molecule has 1 unspecified atom stereocenters. The summed E-state index contributed by atoms with van der Waals surface area (Å²) in [6.07, 6.45) is -0.221. The van der Waals surface area contributed by atoms with Gasteiger partial charge in [-0.2, -0.15) is 4.98 Å². The Bertz CT molecular complexity index is 838. The number of aromatic nitrogens is 2. The van der Waals surface area contributed by atoms with Crippen molar-refractivity contribution in [2.45, 2.75) is 32.3 Å². The lowest BCUT2D eigenvalue weighted by atomic mass is 10.1. The monoisotopic (exact) mass is 377 g/mol. The smallest absolute Gasteiger partial charge is 0.306 e. The van der Waals surface area contributed by atoms with Gasteiger partial charge in [-0.3, -0.25) is 9.59 Å². The average Bonchev–Trinajstić information content (AvgIpc) is 3.10. The minimum Gasteiger partial charge on any atom is -0.481 e. The van der Waals surface area contributed by atoms with Crippen molar-refractivity contribution in [3.05, 3.63) is 35.5 Å². The van der Waals surface area contributed by atoms with Crippen molar-refractivity contribution in [1.82, 2.24) is 15.0 Å². The molecule has 1 N–H and O–H groups in total. The molecule has 0 bridgehead atoms. The zero-order valence-corrected chi connectivity index (χ0v) is 14.9. The molecule has 2 heterocycles. The van der Waals surface area contributed by atoms with Crippen LogP contribution in [0.5, 0.6) is 0 Å². The summed E-state index contributed by atoms with van der Waals surface area (Å²) < 4.78 is 24.2. The Balaban J connectivity index is 1.55. The second-order valence-corrected chi connectivity index (χ2v) is 6.41. The molecule has 8 nitrogen and oxygen atoms in total. The number of amides is 1. The van der Waals surface area contributed by atoms with Gasteiger partial charge in [0.05, 0.1) is 19.1 Å². The van der Waals surface area contributed by atoms with Gasteiger partial charge in [0.2, 0.25) is 17.6 Å². The Morgan fingerprint density at radius 1 is 1.41 bits per heavy atom. The number of carbonyl (C=O) groups is 2. The zero-order chi connectivity index (χ0) is 19.4. The fourth-order valence-corrected chi connectivity index (χ4v) is 2.84. The zero-order valence-electron chi connectivity index (χ0n) is 14.9. The number of carboxylic acids is 1. The Hall–Kier alpha value is -2.81. The number of carbonyl (C=O) groups excluding carboxylic acids is 1. The second kappa shape index (κ2) is 8.26. The maximum atomic E-state index is 13.7. The van der Waals surface area contributed by atoms with Crippen LogP contribution in [0.1, 0.15) is 24.3 Å². The molecule has 1 fully saturated rings. The van der Waals surface area contributed by atoms with E-state index in [1.165, 1.54) is 6.07 Å². The molecular weight excluding hydrogens is 357 g/mol. The molecule has 9 heteroatoms. The maximum Gasteiger partial charge on any atom is 0.306 e. The van der Waals surface area contributed by atoms with Crippen molar-refractivity contribution in [2.24, 2.45) is 0 Å². The molecule has 3 rings (SSSR count). The standard InChI is InChI=1S/C18H20FN3O5/c1-11-2-3-12(8-14(11)19)18-20-15(27-21-18)4-5-16(23)22-6-7-26-13(10-22)9-17(24)25/h2-3,8,13H,4-7,9-10H2,1H3,(H,24,25). The van der Waals surface area contributed by atoms with Crippen LogP contribution in [0.4, 0.5) is 4.39 Å². The minimum absolute atomic E-state index is 0.130. The molecule has 1 atom stereocenters. The van der Waals surface area contributed by atoms with Gasteiger partial charge in [-0.1, -0.05) is 17.3 Å². The molecule has 27 heavy (non-hydrogen) atoms. The van der Waals surface area contributed by atoms with Gasteiger partial charge in [0.1, 0.15) is 5.82 Å². The van der Waals surface area contributed by atoms with E-state index in [0.717, 1.165) is 0 Å². The fourth-order valence-electron chi connectivity index (χ4n) is 2.84. The van der Waals surface area contributed by atoms with Crippen molar-refractivity contribution in [1.29, 1.82) is 0 Å². The van der Waals surface area contributed by atoms with Gasteiger partial charge >= 0.3 is 5.97 Å². The van der Waals surface area contributed by atoms with Crippen LogP contribution < -0.4 is 0 Å². The number of aryl methyl sites for hydroxylation is 2.